The second-order valence-electron chi connectivity index (χ2n) is 7.13. The van der Waals surface area contributed by atoms with E-state index in [2.05, 4.69) is 10.2 Å². The Morgan fingerprint density at radius 1 is 1.21 bits per heavy atom. The minimum absolute atomic E-state index is 0.166. The molecule has 2 fully saturated rings. The van der Waals surface area contributed by atoms with Gasteiger partial charge in [0.2, 0.25) is 0 Å². The van der Waals surface area contributed by atoms with E-state index in [1.807, 2.05) is 6.07 Å². The van der Waals surface area contributed by atoms with E-state index in [9.17, 15) is 15.2 Å². The van der Waals surface area contributed by atoms with Crippen LogP contribution in [0, 0.1) is 17.0 Å². The van der Waals surface area contributed by atoms with E-state index in [0.29, 0.717) is 17.6 Å². The Balaban J connectivity index is 1.54. The van der Waals surface area contributed by atoms with Crippen LogP contribution in [0.2, 0.25) is 0 Å². The molecule has 2 N–H and O–H groups in total. The highest BCUT2D eigenvalue weighted by Crippen LogP contribution is 2.27. The van der Waals surface area contributed by atoms with E-state index in [1.165, 1.54) is 6.42 Å². The van der Waals surface area contributed by atoms with Gasteiger partial charge in [0.15, 0.2) is 0 Å². The topological polar surface area (TPSA) is 78.6 Å². The van der Waals surface area contributed by atoms with E-state index < -0.39 is 0 Å². The number of nitrogens with one attached hydrogen (secondary N) is 1. The summed E-state index contributed by atoms with van der Waals surface area (Å²) in [5.41, 5.74) is 1.81. The summed E-state index contributed by atoms with van der Waals surface area (Å²) in [6.07, 6.45) is 6.34. The number of benzene rings is 1. The highest BCUT2D eigenvalue weighted by atomic mass is 16.6. The van der Waals surface area contributed by atoms with Crippen LogP contribution in [0.5, 0.6) is 0 Å². The van der Waals surface area contributed by atoms with Crippen molar-refractivity contribution in [2.75, 3.05) is 18.4 Å². The van der Waals surface area contributed by atoms with Gasteiger partial charge in [-0.15, -0.1) is 0 Å². The average Bonchev–Trinajstić information content (AvgIpc) is 2.56. The lowest BCUT2D eigenvalue weighted by Crippen LogP contribution is -2.50. The molecule has 0 bridgehead atoms. The van der Waals surface area contributed by atoms with Crippen LogP contribution >= 0.6 is 0 Å². The third kappa shape index (κ3) is 3.87. The third-order valence-electron chi connectivity index (χ3n) is 5.46. The lowest BCUT2D eigenvalue weighted by Gasteiger charge is -2.41. The van der Waals surface area contributed by atoms with E-state index in [-0.39, 0.29) is 16.7 Å². The van der Waals surface area contributed by atoms with Crippen molar-refractivity contribution >= 4 is 11.4 Å². The lowest BCUT2D eigenvalue weighted by atomic mass is 9.89. The van der Waals surface area contributed by atoms with Crippen molar-refractivity contribution in [3.05, 3.63) is 33.9 Å². The molecule has 0 spiro atoms. The molecule has 2 atom stereocenters. The normalized spacial score (nSPS) is 26.2. The number of likely N-dealkylation sites (tertiary alicyclic amines) is 1. The first-order valence-electron chi connectivity index (χ1n) is 8.98. The highest BCUT2D eigenvalue weighted by molar-refractivity contribution is 5.54. The molecule has 3 rings (SSSR count). The molecule has 1 aromatic rings. The second-order valence-corrected chi connectivity index (χ2v) is 7.13. The van der Waals surface area contributed by atoms with Crippen molar-refractivity contribution in [1.29, 1.82) is 0 Å². The van der Waals surface area contributed by atoms with Gasteiger partial charge >= 0.3 is 0 Å². The maximum Gasteiger partial charge on any atom is 0.272 e. The first kappa shape index (κ1) is 17.2. The molecule has 2 aliphatic rings. The fourth-order valence-corrected chi connectivity index (χ4v) is 4.08. The van der Waals surface area contributed by atoms with E-state index >= 15 is 0 Å². The maximum atomic E-state index is 10.9. The van der Waals surface area contributed by atoms with Crippen molar-refractivity contribution in [2.45, 2.75) is 63.6 Å². The van der Waals surface area contributed by atoms with Crippen LogP contribution in [-0.2, 0) is 0 Å². The number of aryl methyl sites for hydroxylation is 1. The standard InChI is InChI=1S/C18H27N3O3/c1-13-12-15(6-7-16(13)21(23)24)19-14-8-10-20(11-9-14)17-4-2-3-5-18(17)22/h6-7,12,14,17-19,22H,2-5,8-11H2,1H3. The number of hydrogen-bond donors (Lipinski definition) is 2. The van der Waals surface area contributed by atoms with Crippen molar-refractivity contribution in [1.82, 2.24) is 4.90 Å². The van der Waals surface area contributed by atoms with Gasteiger partial charge in [-0.25, -0.2) is 0 Å². The molecule has 0 amide bonds. The van der Waals surface area contributed by atoms with Crippen molar-refractivity contribution in [2.24, 2.45) is 0 Å². The molecular weight excluding hydrogens is 306 g/mol. The quantitative estimate of drug-likeness (QED) is 0.654. The number of anilines is 1. The van der Waals surface area contributed by atoms with Crippen LogP contribution in [-0.4, -0.2) is 46.2 Å². The summed E-state index contributed by atoms with van der Waals surface area (Å²) in [7, 11) is 0. The Morgan fingerprint density at radius 3 is 2.54 bits per heavy atom. The van der Waals surface area contributed by atoms with E-state index in [1.54, 1.807) is 19.1 Å². The molecule has 6 heteroatoms. The fraction of sp³-hybridized carbons (Fsp3) is 0.667. The molecule has 1 aliphatic heterocycles. The summed E-state index contributed by atoms with van der Waals surface area (Å²) >= 11 is 0. The molecule has 132 valence electrons. The Labute approximate surface area is 143 Å². The molecule has 24 heavy (non-hydrogen) atoms. The van der Waals surface area contributed by atoms with Crippen molar-refractivity contribution < 1.29 is 10.0 Å². The van der Waals surface area contributed by atoms with Gasteiger partial charge in [-0.3, -0.25) is 15.0 Å². The minimum atomic E-state index is -0.340. The number of hydrogen-bond acceptors (Lipinski definition) is 5. The minimum Gasteiger partial charge on any atom is -0.391 e. The Bertz CT molecular complexity index is 585. The second kappa shape index (κ2) is 7.49. The van der Waals surface area contributed by atoms with E-state index in [0.717, 1.165) is 50.9 Å². The molecule has 0 aromatic heterocycles. The number of rotatable bonds is 4. The van der Waals surface area contributed by atoms with Crippen LogP contribution in [0.25, 0.3) is 0 Å². The molecule has 1 saturated carbocycles. The number of aliphatic hydroxyl groups is 1. The van der Waals surface area contributed by atoms with Crippen molar-refractivity contribution in [3.8, 4) is 0 Å². The monoisotopic (exact) mass is 333 g/mol. The summed E-state index contributed by atoms with van der Waals surface area (Å²) in [6, 6.07) is 5.95. The molecular formula is C18H27N3O3. The predicted molar refractivity (Wildman–Crippen MR) is 94.3 cm³/mol. The number of nitro groups is 1. The number of nitro benzene ring substituents is 1. The molecule has 0 radical (unpaired) electrons. The van der Waals surface area contributed by atoms with Crippen LogP contribution in [0.1, 0.15) is 44.1 Å². The summed E-state index contributed by atoms with van der Waals surface area (Å²) in [5, 5.41) is 24.6. The summed E-state index contributed by atoms with van der Waals surface area (Å²) in [4.78, 5) is 13.0. The molecule has 2 unspecified atom stereocenters. The smallest absolute Gasteiger partial charge is 0.272 e. The first-order valence-corrected chi connectivity index (χ1v) is 8.98. The summed E-state index contributed by atoms with van der Waals surface area (Å²) in [6.45, 7) is 3.78. The van der Waals surface area contributed by atoms with Crippen molar-refractivity contribution in [3.63, 3.8) is 0 Å². The van der Waals surface area contributed by atoms with Gasteiger partial charge in [-0.05, 0) is 44.7 Å². The number of nitrogens with zero attached hydrogens (tertiary/aromatic N) is 2. The Hall–Kier alpha value is -1.66. The van der Waals surface area contributed by atoms with E-state index in [4.69, 9.17) is 0 Å². The molecule has 1 heterocycles. The predicted octanol–water partition coefficient (Wildman–Crippen LogP) is 3.08. The van der Waals surface area contributed by atoms with Crippen LogP contribution in [0.15, 0.2) is 18.2 Å². The zero-order valence-corrected chi connectivity index (χ0v) is 14.3. The zero-order valence-electron chi connectivity index (χ0n) is 14.3. The number of aliphatic hydroxyl groups excluding tert-OH is 1. The molecule has 1 saturated heterocycles. The van der Waals surface area contributed by atoms with Gasteiger partial charge in [0.05, 0.1) is 11.0 Å². The largest absolute Gasteiger partial charge is 0.391 e. The summed E-state index contributed by atoms with van der Waals surface area (Å²) in [5.74, 6) is 0. The molecule has 1 aliphatic carbocycles. The fourth-order valence-electron chi connectivity index (χ4n) is 4.08. The molecule has 6 nitrogen and oxygen atoms in total. The number of piperidine rings is 1. The first-order chi connectivity index (χ1) is 11.5. The lowest BCUT2D eigenvalue weighted by molar-refractivity contribution is -0.385. The van der Waals surface area contributed by atoms with Gasteiger partial charge in [-0.1, -0.05) is 12.8 Å². The molecule has 1 aromatic carbocycles. The summed E-state index contributed by atoms with van der Waals surface area (Å²) < 4.78 is 0. The van der Waals surface area contributed by atoms with Gasteiger partial charge in [0, 0.05) is 42.5 Å². The van der Waals surface area contributed by atoms with Gasteiger partial charge in [0.1, 0.15) is 0 Å². The van der Waals surface area contributed by atoms with Crippen LogP contribution in [0.4, 0.5) is 11.4 Å². The van der Waals surface area contributed by atoms with Gasteiger partial charge in [0.25, 0.3) is 5.69 Å². The third-order valence-corrected chi connectivity index (χ3v) is 5.46. The zero-order chi connectivity index (χ0) is 17.1. The Kier molecular flexibility index (Phi) is 5.36. The Morgan fingerprint density at radius 2 is 1.92 bits per heavy atom. The average molecular weight is 333 g/mol. The van der Waals surface area contributed by atoms with Gasteiger partial charge < -0.3 is 10.4 Å². The highest BCUT2D eigenvalue weighted by Gasteiger charge is 2.31. The maximum absolute atomic E-state index is 10.9. The van der Waals surface area contributed by atoms with Crippen LogP contribution in [0.3, 0.4) is 0 Å². The van der Waals surface area contributed by atoms with Crippen LogP contribution < -0.4 is 5.32 Å². The van der Waals surface area contributed by atoms with Gasteiger partial charge in [-0.2, -0.15) is 0 Å². The SMILES string of the molecule is Cc1cc(NC2CCN(C3CCCCC3O)CC2)ccc1[N+](=O)[O-].